The molecule has 0 spiro atoms. The third-order valence-corrected chi connectivity index (χ3v) is 4.92. The van der Waals surface area contributed by atoms with Gasteiger partial charge in [-0.05, 0) is 64.2 Å². The number of ether oxygens (including phenoxy) is 2. The van der Waals surface area contributed by atoms with Crippen molar-refractivity contribution in [1.82, 2.24) is 20.3 Å². The van der Waals surface area contributed by atoms with Gasteiger partial charge in [-0.3, -0.25) is 0 Å². The van der Waals surface area contributed by atoms with Crippen molar-refractivity contribution in [2.75, 3.05) is 13.2 Å². The van der Waals surface area contributed by atoms with E-state index in [2.05, 4.69) is 40.5 Å². The number of carbonyl (C=O) groups is 1. The van der Waals surface area contributed by atoms with Crippen LogP contribution in [0.4, 0.5) is 4.79 Å². The Morgan fingerprint density at radius 3 is 2.90 bits per heavy atom. The lowest BCUT2D eigenvalue weighted by molar-refractivity contribution is 0.00370. The fourth-order valence-electron chi connectivity index (χ4n) is 3.46. The smallest absolute Gasteiger partial charge is 0.408 e. The predicted molar refractivity (Wildman–Crippen MR) is 120 cm³/mol. The first-order valence-corrected chi connectivity index (χ1v) is 10.9. The Labute approximate surface area is 184 Å². The van der Waals surface area contributed by atoms with E-state index in [1.165, 1.54) is 6.42 Å². The quantitative estimate of drug-likeness (QED) is 0.735. The second kappa shape index (κ2) is 10.5. The molecule has 2 heterocycles. The fourth-order valence-corrected chi connectivity index (χ4v) is 3.46. The summed E-state index contributed by atoms with van der Waals surface area (Å²) in [6.45, 7) is 9.40. The molecular formula is C24H32N4O3. The summed E-state index contributed by atoms with van der Waals surface area (Å²) in [6, 6.07) is 6.08. The van der Waals surface area contributed by atoms with Gasteiger partial charge in [0.2, 0.25) is 0 Å². The van der Waals surface area contributed by atoms with E-state index in [0.717, 1.165) is 54.8 Å². The van der Waals surface area contributed by atoms with E-state index in [0.29, 0.717) is 0 Å². The highest BCUT2D eigenvalue weighted by Crippen LogP contribution is 2.24. The van der Waals surface area contributed by atoms with Crippen molar-refractivity contribution in [2.24, 2.45) is 0 Å². The largest absolute Gasteiger partial charge is 0.444 e. The van der Waals surface area contributed by atoms with Crippen LogP contribution in [-0.4, -0.2) is 45.9 Å². The molecule has 31 heavy (non-hydrogen) atoms. The third-order valence-electron chi connectivity index (χ3n) is 4.92. The molecule has 1 aliphatic heterocycles. The van der Waals surface area contributed by atoms with E-state index in [-0.39, 0.29) is 12.6 Å². The highest BCUT2D eigenvalue weighted by atomic mass is 16.6. The van der Waals surface area contributed by atoms with Gasteiger partial charge < -0.3 is 14.8 Å². The zero-order chi connectivity index (χ0) is 22.3. The first-order chi connectivity index (χ1) is 14.8. The molecule has 1 aromatic carbocycles. The minimum atomic E-state index is -0.519. The molecule has 1 atom stereocenters. The summed E-state index contributed by atoms with van der Waals surface area (Å²) in [6.07, 6.45) is 6.04. The average Bonchev–Trinajstić information content (AvgIpc) is 3.18. The Balaban J connectivity index is 1.62. The normalized spacial score (nSPS) is 16.3. The lowest BCUT2D eigenvalue weighted by Gasteiger charge is -2.21. The number of benzene rings is 1. The van der Waals surface area contributed by atoms with E-state index < -0.39 is 11.7 Å². The molecule has 1 aliphatic rings. The van der Waals surface area contributed by atoms with Gasteiger partial charge in [-0.15, -0.1) is 5.10 Å². The molecule has 7 nitrogen and oxygen atoms in total. The lowest BCUT2D eigenvalue weighted by Crippen LogP contribution is -2.32. The summed E-state index contributed by atoms with van der Waals surface area (Å²) in [5.41, 5.74) is 3.46. The number of hydrogen-bond acceptors (Lipinski definition) is 5. The van der Waals surface area contributed by atoms with E-state index in [1.54, 1.807) is 0 Å². The third kappa shape index (κ3) is 7.11. The zero-order valence-electron chi connectivity index (χ0n) is 18.9. The van der Waals surface area contributed by atoms with Crippen molar-refractivity contribution < 1.29 is 14.3 Å². The molecule has 0 radical (unpaired) electrons. The number of aryl methyl sites for hydroxylation is 1. The molecular weight excluding hydrogens is 392 g/mol. The molecule has 1 aromatic heterocycles. The van der Waals surface area contributed by atoms with Gasteiger partial charge in [-0.25, -0.2) is 9.48 Å². The SMILES string of the molecule is CCc1cc(C#CCNC(=O)OC(C)(C)C)ccc1-c1cn(CC2CCCCO2)nn1. The van der Waals surface area contributed by atoms with Gasteiger partial charge in [0.25, 0.3) is 0 Å². The van der Waals surface area contributed by atoms with Gasteiger partial charge in [0.15, 0.2) is 0 Å². The maximum absolute atomic E-state index is 11.7. The fraction of sp³-hybridized carbons (Fsp3) is 0.542. The Bertz CT molecular complexity index is 944. The number of hydrogen-bond donors (Lipinski definition) is 1. The maximum Gasteiger partial charge on any atom is 0.408 e. The average molecular weight is 425 g/mol. The molecule has 7 heteroatoms. The highest BCUT2D eigenvalue weighted by molar-refractivity contribution is 5.68. The van der Waals surface area contributed by atoms with Crippen LogP contribution in [0.1, 0.15) is 58.1 Å². The van der Waals surface area contributed by atoms with E-state index >= 15 is 0 Å². The summed E-state index contributed by atoms with van der Waals surface area (Å²) < 4.78 is 12.9. The van der Waals surface area contributed by atoms with Crippen LogP contribution in [0, 0.1) is 11.8 Å². The summed E-state index contributed by atoms with van der Waals surface area (Å²) in [5.74, 6) is 6.07. The number of rotatable bonds is 5. The van der Waals surface area contributed by atoms with Crippen molar-refractivity contribution in [3.8, 4) is 23.1 Å². The first-order valence-electron chi connectivity index (χ1n) is 10.9. The molecule has 1 unspecified atom stereocenters. The Morgan fingerprint density at radius 2 is 2.19 bits per heavy atom. The molecule has 0 saturated carbocycles. The van der Waals surface area contributed by atoms with Gasteiger partial charge in [-0.2, -0.15) is 0 Å². The Morgan fingerprint density at radius 1 is 1.35 bits per heavy atom. The van der Waals surface area contributed by atoms with Crippen LogP contribution >= 0.6 is 0 Å². The number of aromatic nitrogens is 3. The number of nitrogens with zero attached hydrogens (tertiary/aromatic N) is 3. The van der Waals surface area contributed by atoms with Crippen molar-refractivity contribution >= 4 is 6.09 Å². The zero-order valence-corrected chi connectivity index (χ0v) is 18.9. The van der Waals surface area contributed by atoms with Crippen LogP contribution in [0.2, 0.25) is 0 Å². The Kier molecular flexibility index (Phi) is 7.69. The van der Waals surface area contributed by atoms with E-state index in [1.807, 2.05) is 43.8 Å². The van der Waals surface area contributed by atoms with Crippen LogP contribution in [0.3, 0.4) is 0 Å². The van der Waals surface area contributed by atoms with Crippen LogP contribution in [-0.2, 0) is 22.4 Å². The molecule has 0 aliphatic carbocycles. The van der Waals surface area contributed by atoms with Crippen molar-refractivity contribution in [3.63, 3.8) is 0 Å². The van der Waals surface area contributed by atoms with Gasteiger partial charge in [0.1, 0.15) is 11.3 Å². The van der Waals surface area contributed by atoms with Gasteiger partial charge in [0.05, 0.1) is 25.4 Å². The molecule has 1 saturated heterocycles. The van der Waals surface area contributed by atoms with Crippen molar-refractivity contribution in [3.05, 3.63) is 35.5 Å². The molecule has 166 valence electrons. The van der Waals surface area contributed by atoms with E-state index in [4.69, 9.17) is 9.47 Å². The predicted octanol–water partition coefficient (Wildman–Crippen LogP) is 3.95. The molecule has 0 bridgehead atoms. The molecule has 2 aromatic rings. The first kappa shape index (κ1) is 22.8. The summed E-state index contributed by atoms with van der Waals surface area (Å²) in [4.78, 5) is 11.7. The highest BCUT2D eigenvalue weighted by Gasteiger charge is 2.17. The minimum absolute atomic E-state index is 0.223. The number of alkyl carbamates (subject to hydrolysis) is 1. The lowest BCUT2D eigenvalue weighted by atomic mass is 10.00. The van der Waals surface area contributed by atoms with Gasteiger partial charge in [-0.1, -0.05) is 30.0 Å². The monoisotopic (exact) mass is 424 g/mol. The van der Waals surface area contributed by atoms with Crippen LogP contribution in [0.5, 0.6) is 0 Å². The van der Waals surface area contributed by atoms with Crippen LogP contribution < -0.4 is 5.32 Å². The topological polar surface area (TPSA) is 78.3 Å². The second-order valence-corrected chi connectivity index (χ2v) is 8.70. The van der Waals surface area contributed by atoms with Crippen molar-refractivity contribution in [1.29, 1.82) is 0 Å². The summed E-state index contributed by atoms with van der Waals surface area (Å²) in [7, 11) is 0. The number of nitrogens with one attached hydrogen (secondary N) is 1. The number of carbonyl (C=O) groups excluding carboxylic acids is 1. The Hall–Kier alpha value is -2.85. The minimum Gasteiger partial charge on any atom is -0.444 e. The van der Waals surface area contributed by atoms with Crippen molar-refractivity contribution in [2.45, 2.75) is 71.6 Å². The second-order valence-electron chi connectivity index (χ2n) is 8.70. The van der Waals surface area contributed by atoms with Gasteiger partial charge >= 0.3 is 6.09 Å². The van der Waals surface area contributed by atoms with Gasteiger partial charge in [0, 0.05) is 17.7 Å². The van der Waals surface area contributed by atoms with Crippen LogP contribution in [0.15, 0.2) is 24.4 Å². The summed E-state index contributed by atoms with van der Waals surface area (Å²) in [5, 5.41) is 11.3. The molecule has 1 fully saturated rings. The molecule has 1 amide bonds. The molecule has 3 rings (SSSR count). The maximum atomic E-state index is 11.7. The van der Waals surface area contributed by atoms with E-state index in [9.17, 15) is 4.79 Å². The van der Waals surface area contributed by atoms with Crippen LogP contribution in [0.25, 0.3) is 11.3 Å². The standard InChI is InChI=1S/C24H32N4O3/c1-5-19-15-18(9-8-13-25-23(29)31-24(2,3)4)11-12-21(19)22-17-28(27-26-22)16-20-10-6-7-14-30-20/h11-12,15,17,20H,5-7,10,13-14,16H2,1-4H3,(H,25,29). The number of amides is 1. The molecule has 1 N–H and O–H groups in total. The summed E-state index contributed by atoms with van der Waals surface area (Å²) >= 11 is 0.